The summed E-state index contributed by atoms with van der Waals surface area (Å²) in [4.78, 5) is 8.96. The molecule has 0 fully saturated rings. The van der Waals surface area contributed by atoms with Gasteiger partial charge in [0.05, 0.1) is 18.5 Å². The molecule has 0 saturated carbocycles. The standard InChI is InChI=1S/C15H27N3O2/c1-11(2)8-16-9-13-14(20-7-6-19-5)10-17-15(18-13)12(3)4/h10-12,16H,6-9H2,1-5H3. The van der Waals surface area contributed by atoms with E-state index in [1.54, 1.807) is 13.3 Å². The molecule has 0 atom stereocenters. The Hall–Kier alpha value is -1.20. The molecule has 114 valence electrons. The summed E-state index contributed by atoms with van der Waals surface area (Å²) >= 11 is 0. The lowest BCUT2D eigenvalue weighted by atomic mass is 10.2. The van der Waals surface area contributed by atoms with E-state index in [4.69, 9.17) is 9.47 Å². The topological polar surface area (TPSA) is 56.3 Å². The van der Waals surface area contributed by atoms with Gasteiger partial charge in [0.2, 0.25) is 0 Å². The van der Waals surface area contributed by atoms with Crippen LogP contribution in [0.4, 0.5) is 0 Å². The number of ether oxygens (including phenoxy) is 2. The van der Waals surface area contributed by atoms with Crippen LogP contribution < -0.4 is 10.1 Å². The molecule has 0 aliphatic carbocycles. The summed E-state index contributed by atoms with van der Waals surface area (Å²) < 4.78 is 10.7. The summed E-state index contributed by atoms with van der Waals surface area (Å²) in [7, 11) is 1.66. The molecule has 5 heteroatoms. The molecular weight excluding hydrogens is 254 g/mol. The summed E-state index contributed by atoms with van der Waals surface area (Å²) in [5, 5.41) is 3.40. The van der Waals surface area contributed by atoms with Gasteiger partial charge >= 0.3 is 0 Å². The number of hydrogen-bond donors (Lipinski definition) is 1. The van der Waals surface area contributed by atoms with Gasteiger partial charge in [-0.15, -0.1) is 0 Å². The second kappa shape index (κ2) is 8.87. The average molecular weight is 281 g/mol. The number of rotatable bonds is 9. The van der Waals surface area contributed by atoms with Gasteiger partial charge in [0.15, 0.2) is 5.75 Å². The third kappa shape index (κ3) is 5.84. The molecule has 0 saturated heterocycles. The van der Waals surface area contributed by atoms with Crippen molar-refractivity contribution in [2.75, 3.05) is 26.9 Å². The second-order valence-corrected chi connectivity index (χ2v) is 5.56. The van der Waals surface area contributed by atoms with Crippen molar-refractivity contribution < 1.29 is 9.47 Å². The number of aromatic nitrogens is 2. The van der Waals surface area contributed by atoms with Crippen LogP contribution in [0, 0.1) is 5.92 Å². The lowest BCUT2D eigenvalue weighted by Crippen LogP contribution is -2.21. The fraction of sp³-hybridized carbons (Fsp3) is 0.733. The highest BCUT2D eigenvalue weighted by molar-refractivity contribution is 5.25. The number of hydrogen-bond acceptors (Lipinski definition) is 5. The van der Waals surface area contributed by atoms with Gasteiger partial charge in [-0.3, -0.25) is 0 Å². The van der Waals surface area contributed by atoms with E-state index >= 15 is 0 Å². The van der Waals surface area contributed by atoms with Crippen LogP contribution in [0.3, 0.4) is 0 Å². The Kier molecular flexibility index (Phi) is 7.47. The quantitative estimate of drug-likeness (QED) is 0.704. The summed E-state index contributed by atoms with van der Waals surface area (Å²) in [5.41, 5.74) is 0.917. The highest BCUT2D eigenvalue weighted by Crippen LogP contribution is 2.18. The Bertz CT molecular complexity index is 395. The third-order valence-corrected chi connectivity index (χ3v) is 2.75. The van der Waals surface area contributed by atoms with Crippen molar-refractivity contribution in [2.24, 2.45) is 5.92 Å². The van der Waals surface area contributed by atoms with Gasteiger partial charge in [0.1, 0.15) is 12.4 Å². The molecule has 1 heterocycles. The minimum Gasteiger partial charge on any atom is -0.488 e. The lowest BCUT2D eigenvalue weighted by Gasteiger charge is -2.14. The third-order valence-electron chi connectivity index (χ3n) is 2.75. The molecule has 0 aliphatic rings. The molecule has 1 N–H and O–H groups in total. The predicted molar refractivity (Wildman–Crippen MR) is 80.0 cm³/mol. The van der Waals surface area contributed by atoms with Crippen molar-refractivity contribution in [3.63, 3.8) is 0 Å². The van der Waals surface area contributed by atoms with E-state index in [1.165, 1.54) is 0 Å². The first kappa shape index (κ1) is 16.9. The smallest absolute Gasteiger partial charge is 0.160 e. The van der Waals surface area contributed by atoms with Gasteiger partial charge in [-0.25, -0.2) is 9.97 Å². The Morgan fingerprint density at radius 2 is 1.95 bits per heavy atom. The van der Waals surface area contributed by atoms with E-state index in [9.17, 15) is 0 Å². The normalized spacial score (nSPS) is 11.3. The summed E-state index contributed by atoms with van der Waals surface area (Å²) in [5.74, 6) is 2.51. The van der Waals surface area contributed by atoms with Gasteiger partial charge in [0.25, 0.3) is 0 Å². The molecule has 1 rings (SSSR count). The fourth-order valence-corrected chi connectivity index (χ4v) is 1.66. The molecule has 20 heavy (non-hydrogen) atoms. The molecule has 0 spiro atoms. The van der Waals surface area contributed by atoms with Crippen LogP contribution in [-0.2, 0) is 11.3 Å². The Labute approximate surface area is 122 Å². The highest BCUT2D eigenvalue weighted by Gasteiger charge is 2.11. The van der Waals surface area contributed by atoms with Gasteiger partial charge in [-0.05, 0) is 12.5 Å². The van der Waals surface area contributed by atoms with Crippen LogP contribution >= 0.6 is 0 Å². The van der Waals surface area contributed by atoms with Crippen molar-refractivity contribution in [1.82, 2.24) is 15.3 Å². The molecule has 1 aromatic rings. The molecule has 1 aromatic heterocycles. The zero-order chi connectivity index (χ0) is 15.0. The zero-order valence-corrected chi connectivity index (χ0v) is 13.3. The molecule has 0 unspecified atom stereocenters. The zero-order valence-electron chi connectivity index (χ0n) is 13.3. The van der Waals surface area contributed by atoms with E-state index in [2.05, 4.69) is 43.0 Å². The van der Waals surface area contributed by atoms with Crippen molar-refractivity contribution in [3.8, 4) is 5.75 Å². The van der Waals surface area contributed by atoms with Gasteiger partial charge in [0, 0.05) is 19.6 Å². The molecule has 0 bridgehead atoms. The monoisotopic (exact) mass is 281 g/mol. The minimum atomic E-state index is 0.312. The van der Waals surface area contributed by atoms with Gasteiger partial charge in [-0.2, -0.15) is 0 Å². The van der Waals surface area contributed by atoms with Crippen molar-refractivity contribution in [1.29, 1.82) is 0 Å². The van der Waals surface area contributed by atoms with Crippen LogP contribution in [0.15, 0.2) is 6.20 Å². The number of methoxy groups -OCH3 is 1. The molecule has 0 aliphatic heterocycles. The number of nitrogens with one attached hydrogen (secondary N) is 1. The largest absolute Gasteiger partial charge is 0.488 e. The molecule has 0 amide bonds. The van der Waals surface area contributed by atoms with Gasteiger partial charge in [-0.1, -0.05) is 27.7 Å². The highest BCUT2D eigenvalue weighted by atomic mass is 16.5. The van der Waals surface area contributed by atoms with Crippen molar-refractivity contribution in [2.45, 2.75) is 40.2 Å². The van der Waals surface area contributed by atoms with Crippen LogP contribution in [0.2, 0.25) is 0 Å². The van der Waals surface area contributed by atoms with Crippen LogP contribution in [-0.4, -0.2) is 36.8 Å². The summed E-state index contributed by atoms with van der Waals surface area (Å²) in [6, 6.07) is 0. The SMILES string of the molecule is COCCOc1cnc(C(C)C)nc1CNCC(C)C. The van der Waals surface area contributed by atoms with Crippen LogP contribution in [0.5, 0.6) is 5.75 Å². The van der Waals surface area contributed by atoms with Crippen molar-refractivity contribution in [3.05, 3.63) is 17.7 Å². The maximum absolute atomic E-state index is 5.68. The molecule has 0 radical (unpaired) electrons. The lowest BCUT2D eigenvalue weighted by molar-refractivity contribution is 0.145. The van der Waals surface area contributed by atoms with E-state index in [-0.39, 0.29) is 0 Å². The summed E-state index contributed by atoms with van der Waals surface area (Å²) in [6.45, 7) is 11.3. The first-order valence-electron chi connectivity index (χ1n) is 7.22. The molecule has 0 aromatic carbocycles. The maximum atomic E-state index is 5.68. The molecule has 5 nitrogen and oxygen atoms in total. The van der Waals surface area contributed by atoms with Gasteiger partial charge < -0.3 is 14.8 Å². The van der Waals surface area contributed by atoms with E-state index in [1.807, 2.05) is 0 Å². The first-order valence-corrected chi connectivity index (χ1v) is 7.22. The average Bonchev–Trinajstić information content (AvgIpc) is 2.39. The molecular formula is C15H27N3O2. The Morgan fingerprint density at radius 1 is 1.20 bits per heavy atom. The minimum absolute atomic E-state index is 0.312. The summed E-state index contributed by atoms with van der Waals surface area (Å²) in [6.07, 6.45) is 1.77. The van der Waals surface area contributed by atoms with Crippen LogP contribution in [0.25, 0.3) is 0 Å². The Morgan fingerprint density at radius 3 is 2.55 bits per heavy atom. The predicted octanol–water partition coefficient (Wildman–Crippen LogP) is 2.37. The second-order valence-electron chi connectivity index (χ2n) is 5.56. The fourth-order valence-electron chi connectivity index (χ4n) is 1.66. The maximum Gasteiger partial charge on any atom is 0.160 e. The first-order chi connectivity index (χ1) is 9.54. The van der Waals surface area contributed by atoms with Crippen molar-refractivity contribution >= 4 is 0 Å². The van der Waals surface area contributed by atoms with E-state index in [0.717, 1.165) is 23.8 Å². The Balaban J connectivity index is 2.74. The van der Waals surface area contributed by atoms with E-state index in [0.29, 0.717) is 31.6 Å². The number of nitrogens with zero attached hydrogens (tertiary/aromatic N) is 2. The van der Waals surface area contributed by atoms with Crippen LogP contribution in [0.1, 0.15) is 45.1 Å². The van der Waals surface area contributed by atoms with E-state index < -0.39 is 0 Å².